The lowest BCUT2D eigenvalue weighted by Crippen LogP contribution is -2.24. The van der Waals surface area contributed by atoms with Crippen LogP contribution in [0, 0.1) is 0 Å². The summed E-state index contributed by atoms with van der Waals surface area (Å²) in [7, 11) is 0. The number of thiophene rings is 1. The van der Waals surface area contributed by atoms with Crippen molar-refractivity contribution in [3.05, 3.63) is 39.0 Å². The molecule has 0 radical (unpaired) electrons. The maximum Gasteiger partial charge on any atom is 0.261 e. The van der Waals surface area contributed by atoms with Gasteiger partial charge in [0.1, 0.15) is 0 Å². The SMILES string of the molecule is O=C(NCCc1cscn1)c1cccs1. The van der Waals surface area contributed by atoms with Crippen molar-refractivity contribution < 1.29 is 4.79 Å². The molecule has 2 aromatic heterocycles. The van der Waals surface area contributed by atoms with Crippen LogP contribution in [0.2, 0.25) is 0 Å². The molecule has 0 spiro atoms. The zero-order chi connectivity index (χ0) is 10.5. The minimum atomic E-state index is 0.000213. The summed E-state index contributed by atoms with van der Waals surface area (Å²) in [4.78, 5) is 16.4. The Bertz CT molecular complexity index is 409. The van der Waals surface area contributed by atoms with E-state index in [4.69, 9.17) is 0 Å². The fraction of sp³-hybridized carbons (Fsp3) is 0.200. The molecule has 1 N–H and O–H groups in total. The highest BCUT2D eigenvalue weighted by molar-refractivity contribution is 7.12. The molecule has 0 aliphatic heterocycles. The van der Waals surface area contributed by atoms with Gasteiger partial charge in [0.15, 0.2) is 0 Å². The Morgan fingerprint density at radius 3 is 3.13 bits per heavy atom. The first-order valence-corrected chi connectivity index (χ1v) is 6.37. The lowest BCUT2D eigenvalue weighted by Gasteiger charge is -2.01. The van der Waals surface area contributed by atoms with Crippen molar-refractivity contribution in [3.8, 4) is 0 Å². The first kappa shape index (κ1) is 10.3. The molecule has 78 valence electrons. The van der Waals surface area contributed by atoms with Crippen molar-refractivity contribution in [1.82, 2.24) is 10.3 Å². The van der Waals surface area contributed by atoms with E-state index in [2.05, 4.69) is 10.3 Å². The molecular formula is C10H10N2OS2. The molecule has 0 saturated heterocycles. The van der Waals surface area contributed by atoms with Gasteiger partial charge >= 0.3 is 0 Å². The van der Waals surface area contributed by atoms with E-state index in [1.807, 2.05) is 22.9 Å². The molecule has 0 unspecified atom stereocenters. The lowest BCUT2D eigenvalue weighted by atomic mass is 10.3. The highest BCUT2D eigenvalue weighted by Crippen LogP contribution is 2.07. The highest BCUT2D eigenvalue weighted by atomic mass is 32.1. The number of hydrogen-bond donors (Lipinski definition) is 1. The van der Waals surface area contributed by atoms with Gasteiger partial charge in [0.25, 0.3) is 5.91 Å². The Morgan fingerprint density at radius 2 is 2.47 bits per heavy atom. The number of rotatable bonds is 4. The number of hydrogen-bond acceptors (Lipinski definition) is 4. The van der Waals surface area contributed by atoms with Crippen LogP contribution in [0.25, 0.3) is 0 Å². The first-order chi connectivity index (χ1) is 7.36. The number of nitrogens with one attached hydrogen (secondary N) is 1. The van der Waals surface area contributed by atoms with Gasteiger partial charge in [-0.25, -0.2) is 4.98 Å². The quantitative estimate of drug-likeness (QED) is 0.887. The van der Waals surface area contributed by atoms with Gasteiger partial charge in [-0.05, 0) is 11.4 Å². The van der Waals surface area contributed by atoms with Crippen LogP contribution in [0.15, 0.2) is 28.4 Å². The second-order valence-electron chi connectivity index (χ2n) is 2.96. The Balaban J connectivity index is 1.77. The van der Waals surface area contributed by atoms with Crippen LogP contribution in [0.3, 0.4) is 0 Å². The monoisotopic (exact) mass is 238 g/mol. The van der Waals surface area contributed by atoms with Gasteiger partial charge < -0.3 is 5.32 Å². The van der Waals surface area contributed by atoms with Gasteiger partial charge in [0, 0.05) is 18.3 Å². The van der Waals surface area contributed by atoms with Gasteiger partial charge in [0.2, 0.25) is 0 Å². The van der Waals surface area contributed by atoms with Crippen molar-refractivity contribution >= 4 is 28.6 Å². The molecule has 2 heterocycles. The van der Waals surface area contributed by atoms with Crippen LogP contribution >= 0.6 is 22.7 Å². The van der Waals surface area contributed by atoms with Gasteiger partial charge in [-0.2, -0.15) is 0 Å². The predicted octanol–water partition coefficient (Wildman–Crippen LogP) is 2.18. The second-order valence-corrected chi connectivity index (χ2v) is 4.63. The molecule has 0 saturated carbocycles. The van der Waals surface area contributed by atoms with Crippen LogP contribution < -0.4 is 5.32 Å². The Labute approximate surface area is 95.8 Å². The van der Waals surface area contributed by atoms with Crippen LogP contribution in [0.1, 0.15) is 15.4 Å². The third-order valence-electron chi connectivity index (χ3n) is 1.90. The molecule has 15 heavy (non-hydrogen) atoms. The highest BCUT2D eigenvalue weighted by Gasteiger charge is 2.05. The number of carbonyl (C=O) groups is 1. The molecule has 0 atom stereocenters. The molecular weight excluding hydrogens is 228 g/mol. The number of carbonyl (C=O) groups excluding carboxylic acids is 1. The second kappa shape index (κ2) is 5.04. The largest absolute Gasteiger partial charge is 0.351 e. The average molecular weight is 238 g/mol. The maximum atomic E-state index is 11.5. The molecule has 0 fully saturated rings. The Morgan fingerprint density at radius 1 is 1.53 bits per heavy atom. The number of amides is 1. The minimum absolute atomic E-state index is 0.000213. The summed E-state index contributed by atoms with van der Waals surface area (Å²) in [6.07, 6.45) is 0.792. The van der Waals surface area contributed by atoms with Gasteiger partial charge in [0.05, 0.1) is 16.1 Å². The summed E-state index contributed by atoms with van der Waals surface area (Å²) in [6, 6.07) is 3.70. The van der Waals surface area contributed by atoms with E-state index in [0.717, 1.165) is 17.0 Å². The third kappa shape index (κ3) is 2.87. The van der Waals surface area contributed by atoms with E-state index in [9.17, 15) is 4.79 Å². The van der Waals surface area contributed by atoms with Crippen molar-refractivity contribution in [3.63, 3.8) is 0 Å². The normalized spacial score (nSPS) is 10.1. The number of thiazole rings is 1. The van der Waals surface area contributed by atoms with E-state index in [1.165, 1.54) is 11.3 Å². The fourth-order valence-electron chi connectivity index (χ4n) is 1.16. The molecule has 2 rings (SSSR count). The molecule has 5 heteroatoms. The average Bonchev–Trinajstić information content (AvgIpc) is 2.90. The maximum absolute atomic E-state index is 11.5. The summed E-state index contributed by atoms with van der Waals surface area (Å²) in [5, 5.41) is 6.75. The first-order valence-electron chi connectivity index (χ1n) is 4.55. The van der Waals surface area contributed by atoms with Crippen LogP contribution in [0.4, 0.5) is 0 Å². The Kier molecular flexibility index (Phi) is 3.47. The molecule has 0 aromatic carbocycles. The summed E-state index contributed by atoms with van der Waals surface area (Å²) in [6.45, 7) is 0.639. The standard InChI is InChI=1S/C10H10N2OS2/c13-10(9-2-1-5-15-9)11-4-3-8-6-14-7-12-8/h1-2,5-7H,3-4H2,(H,11,13). The van der Waals surface area contributed by atoms with Gasteiger partial charge in [-0.3, -0.25) is 4.79 Å². The Hall–Kier alpha value is -1.20. The van der Waals surface area contributed by atoms with Crippen molar-refractivity contribution in [2.24, 2.45) is 0 Å². The van der Waals surface area contributed by atoms with Crippen LogP contribution in [-0.2, 0) is 6.42 Å². The molecule has 0 aliphatic rings. The fourth-order valence-corrected chi connectivity index (χ4v) is 2.39. The van der Waals surface area contributed by atoms with E-state index >= 15 is 0 Å². The van der Waals surface area contributed by atoms with E-state index < -0.39 is 0 Å². The molecule has 0 bridgehead atoms. The molecule has 3 nitrogen and oxygen atoms in total. The summed E-state index contributed by atoms with van der Waals surface area (Å²) < 4.78 is 0. The van der Waals surface area contributed by atoms with Gasteiger partial charge in [-0.1, -0.05) is 6.07 Å². The molecule has 1 amide bonds. The lowest BCUT2D eigenvalue weighted by molar-refractivity contribution is 0.0958. The van der Waals surface area contributed by atoms with Crippen LogP contribution in [0.5, 0.6) is 0 Å². The van der Waals surface area contributed by atoms with Crippen LogP contribution in [-0.4, -0.2) is 17.4 Å². The summed E-state index contributed by atoms with van der Waals surface area (Å²) >= 11 is 3.03. The smallest absolute Gasteiger partial charge is 0.261 e. The van der Waals surface area contributed by atoms with Gasteiger partial charge in [-0.15, -0.1) is 22.7 Å². The molecule has 2 aromatic rings. The summed E-state index contributed by atoms with van der Waals surface area (Å²) in [5.41, 5.74) is 2.84. The number of nitrogens with zero attached hydrogens (tertiary/aromatic N) is 1. The summed E-state index contributed by atoms with van der Waals surface area (Å²) in [5.74, 6) is 0.000213. The predicted molar refractivity (Wildman–Crippen MR) is 62.5 cm³/mol. The zero-order valence-electron chi connectivity index (χ0n) is 7.97. The van der Waals surface area contributed by atoms with E-state index in [0.29, 0.717) is 6.54 Å². The third-order valence-corrected chi connectivity index (χ3v) is 3.40. The number of aromatic nitrogens is 1. The van der Waals surface area contributed by atoms with Crippen molar-refractivity contribution in [2.75, 3.05) is 6.54 Å². The minimum Gasteiger partial charge on any atom is -0.351 e. The zero-order valence-corrected chi connectivity index (χ0v) is 9.61. The van der Waals surface area contributed by atoms with Crippen molar-refractivity contribution in [2.45, 2.75) is 6.42 Å². The van der Waals surface area contributed by atoms with E-state index in [-0.39, 0.29) is 5.91 Å². The van der Waals surface area contributed by atoms with E-state index in [1.54, 1.807) is 16.8 Å². The van der Waals surface area contributed by atoms with Crippen molar-refractivity contribution in [1.29, 1.82) is 0 Å². The topological polar surface area (TPSA) is 42.0 Å². The molecule has 0 aliphatic carbocycles.